The highest BCUT2D eigenvalue weighted by Crippen LogP contribution is 2.26. The van der Waals surface area contributed by atoms with Crippen LogP contribution in [-0.2, 0) is 12.8 Å². The maximum atomic E-state index is 10.1. The van der Waals surface area contributed by atoms with Crippen LogP contribution in [0.15, 0.2) is 78.9 Å². The van der Waals surface area contributed by atoms with Crippen molar-refractivity contribution in [1.82, 2.24) is 0 Å². The number of aromatic hydroxyl groups is 1. The highest BCUT2D eigenvalue weighted by Gasteiger charge is 2.14. The number of hydrogen-bond acceptors (Lipinski definition) is 1. The molecule has 0 unspecified atom stereocenters. The zero-order valence-electron chi connectivity index (χ0n) is 16.3. The molecule has 27 heavy (non-hydrogen) atoms. The molecule has 0 bridgehead atoms. The lowest BCUT2D eigenvalue weighted by Gasteiger charge is -2.18. The maximum Gasteiger partial charge on any atom is 0.118 e. The van der Waals surface area contributed by atoms with Gasteiger partial charge >= 0.3 is 0 Å². The number of aryl methyl sites for hydroxylation is 2. The van der Waals surface area contributed by atoms with Gasteiger partial charge in [-0.25, -0.2) is 0 Å². The van der Waals surface area contributed by atoms with Crippen molar-refractivity contribution in [2.75, 3.05) is 0 Å². The van der Waals surface area contributed by atoms with E-state index in [1.165, 1.54) is 22.7 Å². The Hall–Kier alpha value is -2.32. The summed E-state index contributed by atoms with van der Waals surface area (Å²) >= 11 is 0. The Morgan fingerprint density at radius 1 is 0.815 bits per heavy atom. The van der Waals surface area contributed by atoms with Crippen LogP contribution in [0.1, 0.15) is 47.6 Å². The minimum Gasteiger partial charge on any atom is -0.508 e. The Labute approximate surface area is 165 Å². The first-order chi connectivity index (χ1) is 13.3. The van der Waals surface area contributed by atoms with E-state index in [-0.39, 0.29) is 9.52 Å². The summed E-state index contributed by atoms with van der Waals surface area (Å²) in [5, 5.41) is 10.1. The Balaban J connectivity index is 1.68. The molecule has 0 heterocycles. The molecule has 0 aromatic heterocycles. The van der Waals surface area contributed by atoms with Crippen LogP contribution in [0.4, 0.5) is 0 Å². The molecule has 3 aromatic rings. The second-order valence-corrected chi connectivity index (χ2v) is 9.43. The van der Waals surface area contributed by atoms with E-state index in [0.29, 0.717) is 11.3 Å². The molecular formula is C25H30OSi. The quantitative estimate of drug-likeness (QED) is 0.480. The number of rotatable bonds is 9. The zero-order valence-corrected chi connectivity index (χ0v) is 17.7. The number of phenols is 1. The van der Waals surface area contributed by atoms with Gasteiger partial charge < -0.3 is 5.11 Å². The Bertz CT molecular complexity index is 775. The van der Waals surface area contributed by atoms with Crippen LogP contribution in [0.2, 0.25) is 6.04 Å². The number of unbranched alkanes of at least 4 members (excludes halogenated alkanes) is 1. The fourth-order valence-corrected chi connectivity index (χ4v) is 6.00. The van der Waals surface area contributed by atoms with Crippen molar-refractivity contribution in [2.24, 2.45) is 0 Å². The number of phenolic OH excluding ortho intramolecular Hbond substituents is 1. The van der Waals surface area contributed by atoms with Gasteiger partial charge in [-0.3, -0.25) is 0 Å². The lowest BCUT2D eigenvalue weighted by molar-refractivity contribution is 0.466. The summed E-state index contributed by atoms with van der Waals surface area (Å²) < 4.78 is 0. The van der Waals surface area contributed by atoms with Crippen molar-refractivity contribution in [2.45, 2.75) is 44.2 Å². The van der Waals surface area contributed by atoms with E-state index in [9.17, 15) is 5.11 Å². The minimum atomic E-state index is -0.315. The predicted octanol–water partition coefficient (Wildman–Crippen LogP) is 5.65. The summed E-state index contributed by atoms with van der Waals surface area (Å²) in [6, 6.07) is 29.4. The van der Waals surface area contributed by atoms with Crippen molar-refractivity contribution >= 4 is 9.52 Å². The Kier molecular flexibility index (Phi) is 7.29. The van der Waals surface area contributed by atoms with Crippen LogP contribution in [0.25, 0.3) is 0 Å². The fourth-order valence-electron chi connectivity index (χ4n) is 3.77. The molecule has 0 atom stereocenters. The highest BCUT2D eigenvalue weighted by atomic mass is 28.2. The van der Waals surface area contributed by atoms with Gasteiger partial charge in [-0.2, -0.15) is 0 Å². The van der Waals surface area contributed by atoms with Crippen LogP contribution in [0, 0.1) is 0 Å². The third kappa shape index (κ3) is 5.57. The van der Waals surface area contributed by atoms with Crippen molar-refractivity contribution in [3.63, 3.8) is 0 Å². The van der Waals surface area contributed by atoms with Gasteiger partial charge in [0, 0.05) is 9.52 Å². The average molecular weight is 375 g/mol. The van der Waals surface area contributed by atoms with Crippen LogP contribution < -0.4 is 0 Å². The molecule has 3 rings (SSSR count). The van der Waals surface area contributed by atoms with E-state index >= 15 is 0 Å². The van der Waals surface area contributed by atoms with E-state index in [1.54, 1.807) is 0 Å². The minimum absolute atomic E-state index is 0.315. The molecule has 3 aromatic carbocycles. The van der Waals surface area contributed by atoms with Crippen molar-refractivity contribution in [1.29, 1.82) is 0 Å². The molecule has 0 spiro atoms. The van der Waals surface area contributed by atoms with Gasteiger partial charge in [0.15, 0.2) is 0 Å². The number of benzene rings is 3. The first-order valence-electron chi connectivity index (χ1n) is 10.2. The van der Waals surface area contributed by atoms with E-state index < -0.39 is 0 Å². The van der Waals surface area contributed by atoms with Gasteiger partial charge in [-0.1, -0.05) is 92.2 Å². The largest absolute Gasteiger partial charge is 0.508 e. The average Bonchev–Trinajstić information content (AvgIpc) is 2.72. The van der Waals surface area contributed by atoms with E-state index in [0.717, 1.165) is 31.2 Å². The summed E-state index contributed by atoms with van der Waals surface area (Å²) in [6.45, 7) is 2.19. The molecule has 0 saturated carbocycles. The molecule has 0 aliphatic heterocycles. The molecule has 0 aliphatic rings. The molecule has 140 valence electrons. The van der Waals surface area contributed by atoms with E-state index in [1.807, 2.05) is 6.07 Å². The molecule has 0 fully saturated rings. The summed E-state index contributed by atoms with van der Waals surface area (Å²) in [5.41, 5.74) is 5.95. The monoisotopic (exact) mass is 374 g/mol. The Morgan fingerprint density at radius 2 is 1.44 bits per heavy atom. The summed E-state index contributed by atoms with van der Waals surface area (Å²) in [5.74, 6) is 0.455. The van der Waals surface area contributed by atoms with E-state index in [2.05, 4.69) is 79.7 Å². The van der Waals surface area contributed by atoms with Crippen LogP contribution >= 0.6 is 0 Å². The molecule has 0 saturated heterocycles. The highest BCUT2D eigenvalue weighted by molar-refractivity contribution is 6.39. The lowest BCUT2D eigenvalue weighted by Crippen LogP contribution is -2.10. The molecule has 1 N–H and O–H groups in total. The third-order valence-electron chi connectivity index (χ3n) is 5.31. The van der Waals surface area contributed by atoms with Gasteiger partial charge in [0.2, 0.25) is 0 Å². The van der Waals surface area contributed by atoms with Crippen LogP contribution in [0.5, 0.6) is 5.75 Å². The van der Waals surface area contributed by atoms with Gasteiger partial charge in [0.05, 0.1) is 0 Å². The predicted molar refractivity (Wildman–Crippen MR) is 119 cm³/mol. The summed E-state index contributed by atoms with van der Waals surface area (Å²) in [7, 11) is -0.315. The first kappa shape index (κ1) is 19.4. The van der Waals surface area contributed by atoms with E-state index in [4.69, 9.17) is 0 Å². The topological polar surface area (TPSA) is 20.2 Å². The second-order valence-electron chi connectivity index (χ2n) is 7.33. The normalized spacial score (nSPS) is 11.5. The molecule has 0 radical (unpaired) electrons. The van der Waals surface area contributed by atoms with Gasteiger partial charge in [0.1, 0.15) is 5.75 Å². The first-order valence-corrected chi connectivity index (χ1v) is 12.0. The number of hydrogen-bond donors (Lipinski definition) is 1. The smallest absolute Gasteiger partial charge is 0.118 e. The Morgan fingerprint density at radius 3 is 2.04 bits per heavy atom. The maximum absolute atomic E-state index is 10.1. The van der Waals surface area contributed by atoms with Crippen molar-refractivity contribution in [3.8, 4) is 5.75 Å². The van der Waals surface area contributed by atoms with Gasteiger partial charge in [0.25, 0.3) is 0 Å². The molecule has 1 nitrogen and oxygen atoms in total. The standard InChI is InChI=1S/C25H30OSi/c1-2-3-10-23-19-20(15-16-24(23)26)17-18-27-25(21-11-6-4-7-12-21)22-13-8-5-9-14-22/h4-9,11-16,19,25-26H,2-3,10,17-18,27H2,1H3. The summed E-state index contributed by atoms with van der Waals surface area (Å²) in [4.78, 5) is 0. The molecule has 2 heteroatoms. The van der Waals surface area contributed by atoms with Gasteiger partial charge in [-0.05, 0) is 53.1 Å². The lowest BCUT2D eigenvalue weighted by atomic mass is 10.0. The van der Waals surface area contributed by atoms with Crippen LogP contribution in [0.3, 0.4) is 0 Å². The molecule has 0 amide bonds. The van der Waals surface area contributed by atoms with Crippen molar-refractivity contribution in [3.05, 3.63) is 101 Å². The van der Waals surface area contributed by atoms with Gasteiger partial charge in [-0.15, -0.1) is 0 Å². The fraction of sp³-hybridized carbons (Fsp3) is 0.280. The van der Waals surface area contributed by atoms with Crippen molar-refractivity contribution < 1.29 is 5.11 Å². The third-order valence-corrected chi connectivity index (χ3v) is 7.59. The van der Waals surface area contributed by atoms with Crippen LogP contribution in [-0.4, -0.2) is 14.6 Å². The zero-order chi connectivity index (χ0) is 18.9. The molecular weight excluding hydrogens is 344 g/mol. The SMILES string of the molecule is CCCCc1cc(CC[SiH2]C(c2ccccc2)c2ccccc2)ccc1O. The summed E-state index contributed by atoms with van der Waals surface area (Å²) in [6.07, 6.45) is 4.38. The second kappa shape index (κ2) is 10.1. The molecule has 0 aliphatic carbocycles.